The third kappa shape index (κ3) is 4.53. The summed E-state index contributed by atoms with van der Waals surface area (Å²) in [5, 5.41) is 8.73. The van der Waals surface area contributed by atoms with Crippen molar-refractivity contribution in [1.82, 2.24) is 0 Å². The van der Waals surface area contributed by atoms with Gasteiger partial charge in [0, 0.05) is 6.04 Å². The van der Waals surface area contributed by atoms with Crippen molar-refractivity contribution < 1.29 is 18.3 Å². The normalized spacial score (nSPS) is 13.1. The molecule has 0 aliphatic heterocycles. The Hall–Kier alpha value is -0.780. The molecule has 1 aromatic carbocycles. The summed E-state index contributed by atoms with van der Waals surface area (Å²) in [7, 11) is 0. The molecule has 0 aliphatic rings. The van der Waals surface area contributed by atoms with Crippen molar-refractivity contribution in [1.29, 1.82) is 0 Å². The minimum atomic E-state index is -4.34. The van der Waals surface area contributed by atoms with Crippen LogP contribution in [0.25, 0.3) is 0 Å². The van der Waals surface area contributed by atoms with E-state index < -0.39 is 17.8 Å². The van der Waals surface area contributed by atoms with Crippen LogP contribution in [0, 0.1) is 6.92 Å². The van der Waals surface area contributed by atoms with Gasteiger partial charge < -0.3 is 10.8 Å². The number of halogens is 4. The number of rotatable bonds is 3. The summed E-state index contributed by atoms with van der Waals surface area (Å²) >= 11 is 0. The fraction of sp³-hybridized carbons (Fsp3) is 0.455. The molecule has 0 bridgehead atoms. The van der Waals surface area contributed by atoms with Crippen molar-refractivity contribution in [2.45, 2.75) is 25.6 Å². The summed E-state index contributed by atoms with van der Waals surface area (Å²) in [6, 6.07) is 3.58. The molecule has 1 atom stereocenters. The smallest absolute Gasteiger partial charge is 0.395 e. The maximum Gasteiger partial charge on any atom is 0.416 e. The zero-order valence-corrected chi connectivity index (χ0v) is 10.1. The molecule has 6 heteroatoms. The average molecular weight is 270 g/mol. The van der Waals surface area contributed by atoms with Crippen molar-refractivity contribution >= 4 is 12.4 Å². The van der Waals surface area contributed by atoms with Gasteiger partial charge in [-0.05, 0) is 30.5 Å². The molecule has 3 N–H and O–H groups in total. The summed E-state index contributed by atoms with van der Waals surface area (Å²) in [5.41, 5.74) is 5.50. The second kappa shape index (κ2) is 6.23. The van der Waals surface area contributed by atoms with E-state index >= 15 is 0 Å². The fourth-order valence-electron chi connectivity index (χ4n) is 1.47. The molecule has 0 saturated heterocycles. The van der Waals surface area contributed by atoms with Crippen LogP contribution in [0.1, 0.15) is 16.7 Å². The van der Waals surface area contributed by atoms with E-state index in [1.165, 1.54) is 13.0 Å². The summed E-state index contributed by atoms with van der Waals surface area (Å²) in [5.74, 6) is 0. The van der Waals surface area contributed by atoms with Crippen LogP contribution in [0.4, 0.5) is 13.2 Å². The second-order valence-corrected chi connectivity index (χ2v) is 3.79. The highest BCUT2D eigenvalue weighted by atomic mass is 35.5. The van der Waals surface area contributed by atoms with Crippen LogP contribution in [0.3, 0.4) is 0 Å². The van der Waals surface area contributed by atoms with Gasteiger partial charge in [-0.1, -0.05) is 12.1 Å². The molecule has 0 aromatic heterocycles. The van der Waals surface area contributed by atoms with E-state index in [0.717, 1.165) is 6.07 Å². The van der Waals surface area contributed by atoms with Crippen LogP contribution in [0.5, 0.6) is 0 Å². The highest BCUT2D eigenvalue weighted by molar-refractivity contribution is 5.85. The molecule has 98 valence electrons. The van der Waals surface area contributed by atoms with Gasteiger partial charge >= 0.3 is 6.18 Å². The van der Waals surface area contributed by atoms with Crippen LogP contribution < -0.4 is 5.73 Å². The molecular weight excluding hydrogens is 255 g/mol. The van der Waals surface area contributed by atoms with Crippen molar-refractivity contribution in [3.05, 3.63) is 34.9 Å². The molecular formula is C11H15ClF3NO. The van der Waals surface area contributed by atoms with E-state index in [9.17, 15) is 13.2 Å². The molecule has 0 saturated carbocycles. The van der Waals surface area contributed by atoms with E-state index in [4.69, 9.17) is 10.8 Å². The number of nitrogens with two attached hydrogens (primary N) is 1. The first-order valence-electron chi connectivity index (χ1n) is 4.87. The summed E-state index contributed by atoms with van der Waals surface area (Å²) in [6.07, 6.45) is -4.11. The molecule has 0 radical (unpaired) electrons. The Morgan fingerprint density at radius 3 is 2.41 bits per heavy atom. The van der Waals surface area contributed by atoms with Crippen LogP contribution in [0.2, 0.25) is 0 Å². The molecule has 1 aromatic rings. The van der Waals surface area contributed by atoms with Crippen molar-refractivity contribution in [2.24, 2.45) is 5.73 Å². The Kier molecular flexibility index (Phi) is 5.95. The summed E-state index contributed by atoms with van der Waals surface area (Å²) < 4.78 is 37.7. The number of hydrogen-bond donors (Lipinski definition) is 2. The van der Waals surface area contributed by atoms with Crippen molar-refractivity contribution in [3.63, 3.8) is 0 Å². The minimum absolute atomic E-state index is 0. The lowest BCUT2D eigenvalue weighted by atomic mass is 10.0. The summed E-state index contributed by atoms with van der Waals surface area (Å²) in [4.78, 5) is 0. The lowest BCUT2D eigenvalue weighted by Gasteiger charge is -2.13. The van der Waals surface area contributed by atoms with Crippen LogP contribution in [0.15, 0.2) is 18.2 Å². The van der Waals surface area contributed by atoms with Gasteiger partial charge in [0.15, 0.2) is 0 Å². The standard InChI is InChI=1S/C11H14F3NO.ClH/c1-7-2-3-8(4-9(15)6-16)5-10(7)11(12,13)14;/h2-3,5,9,16H,4,6,15H2,1H3;1H. The third-order valence-electron chi connectivity index (χ3n) is 2.34. The number of alkyl halides is 3. The van der Waals surface area contributed by atoms with E-state index in [0.29, 0.717) is 5.56 Å². The molecule has 0 aliphatic carbocycles. The monoisotopic (exact) mass is 269 g/mol. The molecule has 0 heterocycles. The lowest BCUT2D eigenvalue weighted by molar-refractivity contribution is -0.138. The number of benzene rings is 1. The zero-order valence-electron chi connectivity index (χ0n) is 9.29. The summed E-state index contributed by atoms with van der Waals surface area (Å²) in [6.45, 7) is 1.17. The van der Waals surface area contributed by atoms with Gasteiger partial charge in [0.1, 0.15) is 0 Å². The van der Waals surface area contributed by atoms with Crippen LogP contribution in [-0.2, 0) is 12.6 Å². The molecule has 0 amide bonds. The topological polar surface area (TPSA) is 46.2 Å². The molecule has 0 spiro atoms. The Balaban J connectivity index is 0.00000256. The van der Waals surface area contributed by atoms with Gasteiger partial charge in [-0.15, -0.1) is 12.4 Å². The van der Waals surface area contributed by atoms with Crippen LogP contribution in [-0.4, -0.2) is 17.8 Å². The predicted octanol–water partition coefficient (Wildman–Crippen LogP) is 2.30. The molecule has 1 rings (SSSR count). The SMILES string of the molecule is Cc1ccc(CC(N)CO)cc1C(F)(F)F.Cl. The predicted molar refractivity (Wildman–Crippen MR) is 62.2 cm³/mol. The Morgan fingerprint density at radius 2 is 1.94 bits per heavy atom. The first-order valence-corrected chi connectivity index (χ1v) is 4.87. The first-order chi connectivity index (χ1) is 7.34. The van der Waals surface area contributed by atoms with Gasteiger partial charge in [0.2, 0.25) is 0 Å². The maximum absolute atomic E-state index is 12.6. The minimum Gasteiger partial charge on any atom is -0.395 e. The quantitative estimate of drug-likeness (QED) is 0.884. The maximum atomic E-state index is 12.6. The number of hydrogen-bond acceptors (Lipinski definition) is 2. The van der Waals surface area contributed by atoms with Gasteiger partial charge in [-0.2, -0.15) is 13.2 Å². The van der Waals surface area contributed by atoms with E-state index in [1.807, 2.05) is 0 Å². The Morgan fingerprint density at radius 1 is 1.35 bits per heavy atom. The molecule has 2 nitrogen and oxygen atoms in total. The number of aliphatic hydroxyl groups excluding tert-OH is 1. The average Bonchev–Trinajstić information content (AvgIpc) is 2.19. The Bertz CT molecular complexity index is 368. The number of aliphatic hydroxyl groups is 1. The van der Waals surface area contributed by atoms with E-state index in [-0.39, 0.29) is 31.0 Å². The largest absolute Gasteiger partial charge is 0.416 e. The van der Waals surface area contributed by atoms with Crippen LogP contribution >= 0.6 is 12.4 Å². The Labute approximate surface area is 104 Å². The van der Waals surface area contributed by atoms with E-state index in [1.54, 1.807) is 6.07 Å². The third-order valence-corrected chi connectivity index (χ3v) is 2.34. The van der Waals surface area contributed by atoms with Crippen molar-refractivity contribution in [3.8, 4) is 0 Å². The second-order valence-electron chi connectivity index (χ2n) is 3.79. The highest BCUT2D eigenvalue weighted by Gasteiger charge is 2.32. The molecule has 0 fully saturated rings. The fourth-order valence-corrected chi connectivity index (χ4v) is 1.47. The van der Waals surface area contributed by atoms with E-state index in [2.05, 4.69) is 0 Å². The molecule has 1 unspecified atom stereocenters. The van der Waals surface area contributed by atoms with Crippen molar-refractivity contribution in [2.75, 3.05) is 6.61 Å². The van der Waals surface area contributed by atoms with Gasteiger partial charge in [-0.3, -0.25) is 0 Å². The van der Waals surface area contributed by atoms with Gasteiger partial charge in [0.05, 0.1) is 12.2 Å². The molecule has 17 heavy (non-hydrogen) atoms. The first kappa shape index (κ1) is 16.2. The van der Waals surface area contributed by atoms with Gasteiger partial charge in [-0.25, -0.2) is 0 Å². The van der Waals surface area contributed by atoms with Gasteiger partial charge in [0.25, 0.3) is 0 Å². The highest BCUT2D eigenvalue weighted by Crippen LogP contribution is 2.32. The lowest BCUT2D eigenvalue weighted by Crippen LogP contribution is -2.27. The number of aryl methyl sites for hydroxylation is 1. The zero-order chi connectivity index (χ0) is 12.3.